The molecule has 2 N–H and O–H groups in total. The minimum absolute atomic E-state index is 0.0659. The molecule has 3 unspecified atom stereocenters. The maximum atomic E-state index is 12.5. The Bertz CT molecular complexity index is 928. The first-order valence-corrected chi connectivity index (χ1v) is 11.1. The van der Waals surface area contributed by atoms with Crippen LogP contribution in [0.3, 0.4) is 0 Å². The minimum Gasteiger partial charge on any atom is -0.376 e. The van der Waals surface area contributed by atoms with Crippen LogP contribution in [-0.4, -0.2) is 42.5 Å². The van der Waals surface area contributed by atoms with Gasteiger partial charge in [0.1, 0.15) is 0 Å². The van der Waals surface area contributed by atoms with E-state index < -0.39 is 0 Å². The molecule has 1 aliphatic carbocycles. The first kappa shape index (κ1) is 21.5. The summed E-state index contributed by atoms with van der Waals surface area (Å²) in [7, 11) is 0. The van der Waals surface area contributed by atoms with Crippen LogP contribution < -0.4 is 10.6 Å². The number of hydrogen-bond acceptors (Lipinski definition) is 4. The van der Waals surface area contributed by atoms with Crippen LogP contribution in [0.5, 0.6) is 0 Å². The van der Waals surface area contributed by atoms with Gasteiger partial charge in [0.15, 0.2) is 0 Å². The molecule has 2 aromatic carbocycles. The Morgan fingerprint density at radius 1 is 1.10 bits per heavy atom. The summed E-state index contributed by atoms with van der Waals surface area (Å²) in [5.74, 6) is 0.545. The van der Waals surface area contributed by atoms with E-state index in [2.05, 4.69) is 41.5 Å². The lowest BCUT2D eigenvalue weighted by molar-refractivity contribution is -0.117. The second-order valence-corrected chi connectivity index (χ2v) is 8.81. The van der Waals surface area contributed by atoms with Crippen LogP contribution in [0.2, 0.25) is 0 Å². The molecule has 2 aromatic rings. The van der Waals surface area contributed by atoms with Crippen molar-refractivity contribution in [1.82, 2.24) is 10.2 Å². The van der Waals surface area contributed by atoms with Gasteiger partial charge in [0.2, 0.25) is 5.91 Å². The Kier molecular flexibility index (Phi) is 6.68. The van der Waals surface area contributed by atoms with E-state index in [4.69, 9.17) is 4.74 Å². The minimum atomic E-state index is -0.124. The number of amides is 2. The summed E-state index contributed by atoms with van der Waals surface area (Å²) in [6, 6.07) is 15.4. The molecule has 164 valence electrons. The Morgan fingerprint density at radius 2 is 1.84 bits per heavy atom. The lowest BCUT2D eigenvalue weighted by Gasteiger charge is -2.31. The smallest absolute Gasteiger partial charge is 0.251 e. The molecule has 6 nitrogen and oxygen atoms in total. The number of anilines is 1. The molecule has 31 heavy (non-hydrogen) atoms. The normalized spacial score (nSPS) is 23.2. The van der Waals surface area contributed by atoms with Crippen LogP contribution in [0, 0.1) is 11.8 Å². The van der Waals surface area contributed by atoms with Gasteiger partial charge in [-0.05, 0) is 54.7 Å². The number of carbonyl (C=O) groups excluding carboxylic acids is 2. The van der Waals surface area contributed by atoms with Crippen molar-refractivity contribution in [3.8, 4) is 0 Å². The quantitative estimate of drug-likeness (QED) is 0.719. The van der Waals surface area contributed by atoms with Crippen molar-refractivity contribution >= 4 is 17.5 Å². The number of carbonyl (C=O) groups is 2. The third-order valence-electron chi connectivity index (χ3n) is 6.04. The van der Waals surface area contributed by atoms with Crippen LogP contribution in [0.15, 0.2) is 48.5 Å². The number of ether oxygens (including phenoxy) is 1. The van der Waals surface area contributed by atoms with Gasteiger partial charge in [-0.15, -0.1) is 0 Å². The van der Waals surface area contributed by atoms with Crippen LogP contribution in [0.4, 0.5) is 5.69 Å². The van der Waals surface area contributed by atoms with Gasteiger partial charge in [-0.1, -0.05) is 31.2 Å². The van der Waals surface area contributed by atoms with Crippen LogP contribution in [-0.2, 0) is 22.6 Å². The average molecular weight is 422 g/mol. The van der Waals surface area contributed by atoms with E-state index in [-0.39, 0.29) is 23.8 Å². The molecule has 6 heteroatoms. The van der Waals surface area contributed by atoms with Gasteiger partial charge in [-0.3, -0.25) is 14.5 Å². The fourth-order valence-electron chi connectivity index (χ4n) is 4.04. The van der Waals surface area contributed by atoms with Crippen LogP contribution in [0.1, 0.15) is 41.8 Å². The zero-order chi connectivity index (χ0) is 21.8. The molecular formula is C25H31N3O3. The predicted molar refractivity (Wildman–Crippen MR) is 121 cm³/mol. The van der Waals surface area contributed by atoms with Crippen molar-refractivity contribution < 1.29 is 14.3 Å². The van der Waals surface area contributed by atoms with E-state index in [0.29, 0.717) is 18.0 Å². The molecule has 3 atom stereocenters. The van der Waals surface area contributed by atoms with Crippen molar-refractivity contribution in [3.63, 3.8) is 0 Å². The van der Waals surface area contributed by atoms with E-state index >= 15 is 0 Å². The third-order valence-corrected chi connectivity index (χ3v) is 6.04. The standard InChI is InChI=1S/C25H31N3O3/c1-17-12-23(17)25(30)27-22-8-6-21(7-9-22)24(29)26-14-19-4-3-5-20(13-19)16-28-10-11-31-18(2)15-28/h3-9,13,17-18,23H,10-12,14-16H2,1-2H3,(H,26,29)(H,27,30). The number of benzene rings is 2. The first-order valence-electron chi connectivity index (χ1n) is 11.1. The number of hydrogen-bond donors (Lipinski definition) is 2. The molecule has 2 amide bonds. The second-order valence-electron chi connectivity index (χ2n) is 8.81. The van der Waals surface area contributed by atoms with Gasteiger partial charge >= 0.3 is 0 Å². The number of rotatable bonds is 7. The van der Waals surface area contributed by atoms with E-state index in [9.17, 15) is 9.59 Å². The van der Waals surface area contributed by atoms with Crippen LogP contribution >= 0.6 is 0 Å². The Balaban J connectivity index is 1.27. The maximum Gasteiger partial charge on any atom is 0.251 e. The Hall–Kier alpha value is -2.70. The molecule has 2 fully saturated rings. The summed E-state index contributed by atoms with van der Waals surface area (Å²) in [5.41, 5.74) is 3.63. The topological polar surface area (TPSA) is 70.7 Å². The first-order chi connectivity index (χ1) is 15.0. The molecule has 2 aliphatic rings. The van der Waals surface area contributed by atoms with Crippen molar-refractivity contribution in [3.05, 3.63) is 65.2 Å². The Morgan fingerprint density at radius 3 is 2.55 bits per heavy atom. The van der Waals surface area contributed by atoms with Gasteiger partial charge in [0.25, 0.3) is 5.91 Å². The monoisotopic (exact) mass is 421 g/mol. The highest BCUT2D eigenvalue weighted by Crippen LogP contribution is 2.38. The molecule has 0 aromatic heterocycles. The summed E-state index contributed by atoms with van der Waals surface area (Å²) < 4.78 is 5.61. The van der Waals surface area contributed by atoms with Crippen molar-refractivity contribution in [2.24, 2.45) is 11.8 Å². The van der Waals surface area contributed by atoms with E-state index in [1.807, 2.05) is 12.1 Å². The van der Waals surface area contributed by atoms with Crippen LogP contribution in [0.25, 0.3) is 0 Å². The van der Waals surface area contributed by atoms with Gasteiger partial charge in [0.05, 0.1) is 12.7 Å². The highest BCUT2D eigenvalue weighted by atomic mass is 16.5. The summed E-state index contributed by atoms with van der Waals surface area (Å²) in [6.45, 7) is 8.22. The second kappa shape index (κ2) is 9.62. The van der Waals surface area contributed by atoms with Gasteiger partial charge in [-0.2, -0.15) is 0 Å². The molecule has 0 spiro atoms. The van der Waals surface area contributed by atoms with Crippen molar-refractivity contribution in [1.29, 1.82) is 0 Å². The van der Waals surface area contributed by atoms with Crippen molar-refractivity contribution in [2.75, 3.05) is 25.0 Å². The number of morpholine rings is 1. The summed E-state index contributed by atoms with van der Waals surface area (Å²) >= 11 is 0. The molecule has 1 saturated heterocycles. The summed E-state index contributed by atoms with van der Waals surface area (Å²) in [5, 5.41) is 5.91. The molecule has 0 radical (unpaired) electrons. The number of nitrogens with one attached hydrogen (secondary N) is 2. The third kappa shape index (κ3) is 5.93. The zero-order valence-electron chi connectivity index (χ0n) is 18.3. The van der Waals surface area contributed by atoms with E-state index in [1.165, 1.54) is 5.56 Å². The molecule has 0 bridgehead atoms. The SMILES string of the molecule is CC1CN(Cc2cccc(CNC(=O)c3ccc(NC(=O)C4CC4C)cc3)c2)CCO1. The molecule has 1 heterocycles. The lowest BCUT2D eigenvalue weighted by Crippen LogP contribution is -2.40. The highest BCUT2D eigenvalue weighted by molar-refractivity contribution is 5.96. The number of nitrogens with zero attached hydrogens (tertiary/aromatic N) is 1. The summed E-state index contributed by atoms with van der Waals surface area (Å²) in [6.07, 6.45) is 1.23. The average Bonchev–Trinajstić information content (AvgIpc) is 3.50. The fraction of sp³-hybridized carbons (Fsp3) is 0.440. The van der Waals surface area contributed by atoms with E-state index in [0.717, 1.165) is 43.9 Å². The van der Waals surface area contributed by atoms with E-state index in [1.54, 1.807) is 24.3 Å². The highest BCUT2D eigenvalue weighted by Gasteiger charge is 2.39. The predicted octanol–water partition coefficient (Wildman–Crippen LogP) is 3.43. The van der Waals surface area contributed by atoms with Gasteiger partial charge < -0.3 is 15.4 Å². The summed E-state index contributed by atoms with van der Waals surface area (Å²) in [4.78, 5) is 27.0. The molecule has 1 saturated carbocycles. The lowest BCUT2D eigenvalue weighted by atomic mass is 10.1. The van der Waals surface area contributed by atoms with Crippen molar-refractivity contribution in [2.45, 2.75) is 39.5 Å². The molecule has 1 aliphatic heterocycles. The Labute approximate surface area is 184 Å². The molecule has 4 rings (SSSR count). The zero-order valence-corrected chi connectivity index (χ0v) is 18.3. The fourth-order valence-corrected chi connectivity index (χ4v) is 4.04. The van der Waals surface area contributed by atoms with Gasteiger partial charge in [-0.25, -0.2) is 0 Å². The largest absolute Gasteiger partial charge is 0.376 e. The van der Waals surface area contributed by atoms with Gasteiger partial charge in [0, 0.05) is 43.3 Å². The molecular weight excluding hydrogens is 390 g/mol. The maximum absolute atomic E-state index is 12.5.